The lowest BCUT2D eigenvalue weighted by Crippen LogP contribution is -2.34. The molecule has 7 nitrogen and oxygen atoms in total. The van der Waals surface area contributed by atoms with Gasteiger partial charge in [-0.2, -0.15) is 0 Å². The second kappa shape index (κ2) is 7.40. The summed E-state index contributed by atoms with van der Waals surface area (Å²) >= 11 is 1.63. The normalized spacial score (nSPS) is 18.4. The number of rotatable bonds is 4. The molecule has 2 aliphatic heterocycles. The number of carbonyl (C=O) groups is 3. The zero-order valence-corrected chi connectivity index (χ0v) is 15.3. The van der Waals surface area contributed by atoms with Crippen LogP contribution in [-0.2, 0) is 14.3 Å². The fourth-order valence-corrected chi connectivity index (χ4v) is 4.21. The standard InChI is InChI=1S/C19H18N2O5S/c22-17-10-25-15-9-12(5-6-13(15)20-17)19(24)26-11-18(23)21-7-1-3-14(21)16-4-2-8-27-16/h2,4-6,8-9,14H,1,3,7,10-11H2,(H,20,22). The van der Waals surface area contributed by atoms with Gasteiger partial charge in [-0.05, 0) is 42.5 Å². The topological polar surface area (TPSA) is 84.9 Å². The van der Waals surface area contributed by atoms with Crippen LogP contribution in [-0.4, -0.2) is 42.4 Å². The van der Waals surface area contributed by atoms with Gasteiger partial charge in [0.15, 0.2) is 13.2 Å². The fraction of sp³-hybridized carbons (Fsp3) is 0.316. The Morgan fingerprint density at radius 2 is 2.22 bits per heavy atom. The van der Waals surface area contributed by atoms with Crippen molar-refractivity contribution >= 4 is 34.8 Å². The van der Waals surface area contributed by atoms with Crippen LogP contribution in [0, 0.1) is 0 Å². The van der Waals surface area contributed by atoms with Crippen molar-refractivity contribution in [1.29, 1.82) is 0 Å². The Morgan fingerprint density at radius 1 is 1.33 bits per heavy atom. The summed E-state index contributed by atoms with van der Waals surface area (Å²) in [6, 6.07) is 8.69. The second-order valence-electron chi connectivity index (χ2n) is 6.38. The van der Waals surface area contributed by atoms with Crippen LogP contribution >= 0.6 is 11.3 Å². The van der Waals surface area contributed by atoms with E-state index in [-0.39, 0.29) is 36.6 Å². The summed E-state index contributed by atoms with van der Waals surface area (Å²) in [5, 5.41) is 4.65. The maximum Gasteiger partial charge on any atom is 0.338 e. The third-order valence-corrected chi connectivity index (χ3v) is 5.60. The fourth-order valence-electron chi connectivity index (χ4n) is 3.34. The highest BCUT2D eigenvalue weighted by molar-refractivity contribution is 7.10. The van der Waals surface area contributed by atoms with Gasteiger partial charge in [-0.3, -0.25) is 9.59 Å². The molecule has 0 spiro atoms. The lowest BCUT2D eigenvalue weighted by atomic mass is 10.1. The molecule has 2 amide bonds. The number of ether oxygens (including phenoxy) is 2. The highest BCUT2D eigenvalue weighted by Gasteiger charge is 2.31. The lowest BCUT2D eigenvalue weighted by Gasteiger charge is -2.23. The van der Waals surface area contributed by atoms with Crippen LogP contribution in [0.3, 0.4) is 0 Å². The molecule has 2 aliphatic rings. The predicted octanol–water partition coefficient (Wildman–Crippen LogP) is 2.60. The highest BCUT2D eigenvalue weighted by atomic mass is 32.1. The number of nitrogens with one attached hydrogen (secondary N) is 1. The van der Waals surface area contributed by atoms with E-state index in [1.807, 2.05) is 17.5 Å². The number of hydrogen-bond acceptors (Lipinski definition) is 6. The van der Waals surface area contributed by atoms with Crippen LogP contribution in [0.1, 0.15) is 34.1 Å². The number of anilines is 1. The van der Waals surface area contributed by atoms with Crippen molar-refractivity contribution < 1.29 is 23.9 Å². The third kappa shape index (κ3) is 3.66. The summed E-state index contributed by atoms with van der Waals surface area (Å²) in [5.74, 6) is -0.624. The van der Waals surface area contributed by atoms with Crippen molar-refractivity contribution in [2.45, 2.75) is 18.9 Å². The molecule has 1 atom stereocenters. The van der Waals surface area contributed by atoms with Gasteiger partial charge in [0, 0.05) is 11.4 Å². The molecule has 3 heterocycles. The van der Waals surface area contributed by atoms with Gasteiger partial charge < -0.3 is 19.7 Å². The molecule has 0 bridgehead atoms. The van der Waals surface area contributed by atoms with Crippen molar-refractivity contribution in [3.8, 4) is 5.75 Å². The van der Waals surface area contributed by atoms with Crippen LogP contribution in [0.25, 0.3) is 0 Å². The number of amides is 2. The molecule has 1 N–H and O–H groups in total. The van der Waals surface area contributed by atoms with E-state index in [0.717, 1.165) is 17.7 Å². The summed E-state index contributed by atoms with van der Waals surface area (Å²) in [6.07, 6.45) is 1.87. The van der Waals surface area contributed by atoms with E-state index in [2.05, 4.69) is 5.32 Å². The molecule has 1 aromatic heterocycles. The van der Waals surface area contributed by atoms with Crippen molar-refractivity contribution in [2.24, 2.45) is 0 Å². The summed E-state index contributed by atoms with van der Waals surface area (Å²) in [5.41, 5.74) is 0.781. The molecule has 2 aromatic rings. The molecule has 1 unspecified atom stereocenters. The average molecular weight is 386 g/mol. The molecule has 4 rings (SSSR count). The van der Waals surface area contributed by atoms with Crippen molar-refractivity contribution in [3.63, 3.8) is 0 Å². The van der Waals surface area contributed by atoms with Gasteiger partial charge in [-0.1, -0.05) is 6.07 Å². The number of fused-ring (bicyclic) bond motifs is 1. The minimum atomic E-state index is -0.599. The Kier molecular flexibility index (Phi) is 4.81. The predicted molar refractivity (Wildman–Crippen MR) is 98.9 cm³/mol. The van der Waals surface area contributed by atoms with E-state index in [0.29, 0.717) is 18.0 Å². The van der Waals surface area contributed by atoms with Gasteiger partial charge in [-0.15, -0.1) is 11.3 Å². The zero-order valence-electron chi connectivity index (χ0n) is 14.5. The monoisotopic (exact) mass is 386 g/mol. The number of benzene rings is 1. The van der Waals surface area contributed by atoms with Crippen LogP contribution in [0.4, 0.5) is 5.69 Å². The second-order valence-corrected chi connectivity index (χ2v) is 7.36. The van der Waals surface area contributed by atoms with Crippen molar-refractivity contribution in [2.75, 3.05) is 25.1 Å². The molecule has 1 saturated heterocycles. The van der Waals surface area contributed by atoms with E-state index < -0.39 is 5.97 Å². The lowest BCUT2D eigenvalue weighted by molar-refractivity contribution is -0.135. The van der Waals surface area contributed by atoms with Gasteiger partial charge in [0.05, 0.1) is 17.3 Å². The van der Waals surface area contributed by atoms with Gasteiger partial charge in [-0.25, -0.2) is 4.79 Å². The van der Waals surface area contributed by atoms with Crippen molar-refractivity contribution in [1.82, 2.24) is 4.90 Å². The van der Waals surface area contributed by atoms with Crippen LogP contribution in [0.2, 0.25) is 0 Å². The highest BCUT2D eigenvalue weighted by Crippen LogP contribution is 2.34. The average Bonchev–Trinajstić information content (AvgIpc) is 3.36. The first kappa shape index (κ1) is 17.5. The quantitative estimate of drug-likeness (QED) is 0.817. The molecular formula is C19H18N2O5S. The van der Waals surface area contributed by atoms with Gasteiger partial charge >= 0.3 is 5.97 Å². The smallest absolute Gasteiger partial charge is 0.338 e. The van der Waals surface area contributed by atoms with E-state index in [1.165, 1.54) is 12.1 Å². The Hall–Kier alpha value is -2.87. The zero-order chi connectivity index (χ0) is 18.8. The van der Waals surface area contributed by atoms with E-state index in [1.54, 1.807) is 22.3 Å². The van der Waals surface area contributed by atoms with Crippen LogP contribution in [0.5, 0.6) is 5.75 Å². The van der Waals surface area contributed by atoms with E-state index in [4.69, 9.17) is 9.47 Å². The Labute approximate surface area is 159 Å². The number of esters is 1. The maximum absolute atomic E-state index is 12.5. The van der Waals surface area contributed by atoms with E-state index >= 15 is 0 Å². The molecule has 0 saturated carbocycles. The minimum Gasteiger partial charge on any atom is -0.482 e. The van der Waals surface area contributed by atoms with Crippen LogP contribution < -0.4 is 10.1 Å². The molecule has 1 aromatic carbocycles. The number of likely N-dealkylation sites (tertiary alicyclic amines) is 1. The molecule has 1 fully saturated rings. The summed E-state index contributed by atoms with van der Waals surface area (Å²) < 4.78 is 10.5. The SMILES string of the molecule is O=C1COc2cc(C(=O)OCC(=O)N3CCCC3c3cccs3)ccc2N1. The van der Waals surface area contributed by atoms with Gasteiger partial charge in [0.1, 0.15) is 5.75 Å². The van der Waals surface area contributed by atoms with Gasteiger partial charge in [0.2, 0.25) is 0 Å². The summed E-state index contributed by atoms with van der Waals surface area (Å²) in [7, 11) is 0. The number of thiophene rings is 1. The Bertz CT molecular complexity index is 880. The van der Waals surface area contributed by atoms with E-state index in [9.17, 15) is 14.4 Å². The maximum atomic E-state index is 12.5. The first-order chi connectivity index (χ1) is 13.1. The Morgan fingerprint density at radius 3 is 3.04 bits per heavy atom. The number of hydrogen-bond donors (Lipinski definition) is 1. The molecular weight excluding hydrogens is 368 g/mol. The minimum absolute atomic E-state index is 0.0666. The first-order valence-corrected chi connectivity index (χ1v) is 9.56. The summed E-state index contributed by atoms with van der Waals surface area (Å²) in [6.45, 7) is 0.282. The molecule has 0 aliphatic carbocycles. The number of nitrogens with zero attached hydrogens (tertiary/aromatic N) is 1. The first-order valence-electron chi connectivity index (χ1n) is 8.68. The molecule has 27 heavy (non-hydrogen) atoms. The largest absolute Gasteiger partial charge is 0.482 e. The van der Waals surface area contributed by atoms with Crippen LogP contribution in [0.15, 0.2) is 35.7 Å². The van der Waals surface area contributed by atoms with Crippen molar-refractivity contribution in [3.05, 3.63) is 46.2 Å². The number of carbonyl (C=O) groups excluding carboxylic acids is 3. The molecule has 0 radical (unpaired) electrons. The third-order valence-electron chi connectivity index (χ3n) is 4.62. The van der Waals surface area contributed by atoms with Gasteiger partial charge in [0.25, 0.3) is 11.8 Å². The molecule has 8 heteroatoms. The molecule has 140 valence electrons. The Balaban J connectivity index is 1.38. The summed E-state index contributed by atoms with van der Waals surface area (Å²) in [4.78, 5) is 39.1.